The third kappa shape index (κ3) is 3.52. The van der Waals surface area contributed by atoms with Crippen molar-refractivity contribution in [2.75, 3.05) is 26.7 Å². The molecule has 0 spiro atoms. The Hall–Kier alpha value is -1.35. The fraction of sp³-hybridized carbons (Fsp3) is 0.632. The molecule has 1 aromatic carbocycles. The second kappa shape index (κ2) is 6.82. The summed E-state index contributed by atoms with van der Waals surface area (Å²) in [5, 5.41) is 0. The molecule has 3 nitrogen and oxygen atoms in total. The molecule has 0 aromatic heterocycles. The average molecular weight is 302 g/mol. The van der Waals surface area contributed by atoms with E-state index in [2.05, 4.69) is 7.05 Å². The molecule has 0 unspecified atom stereocenters. The zero-order chi connectivity index (χ0) is 15.4. The summed E-state index contributed by atoms with van der Waals surface area (Å²) in [4.78, 5) is 12.1. The Morgan fingerprint density at radius 2 is 1.91 bits per heavy atom. The van der Waals surface area contributed by atoms with E-state index in [4.69, 9.17) is 4.74 Å². The van der Waals surface area contributed by atoms with E-state index in [0.717, 1.165) is 5.56 Å². The van der Waals surface area contributed by atoms with Crippen LogP contribution in [0.25, 0.3) is 0 Å². The molecule has 3 heteroatoms. The Bertz CT molecular complexity index is 497. The van der Waals surface area contributed by atoms with Crippen molar-refractivity contribution in [1.29, 1.82) is 0 Å². The topological polar surface area (TPSA) is 26.3 Å². The molecule has 2 aliphatic heterocycles. The molecule has 2 aliphatic rings. The minimum atomic E-state index is -0.0817. The van der Waals surface area contributed by atoms with Crippen molar-refractivity contribution in [1.82, 2.24) is 0 Å². The maximum atomic E-state index is 12.1. The maximum absolute atomic E-state index is 12.1. The van der Waals surface area contributed by atoms with E-state index in [1.165, 1.54) is 49.7 Å². The van der Waals surface area contributed by atoms with Gasteiger partial charge in [0.25, 0.3) is 0 Å². The molecule has 0 radical (unpaired) electrons. The summed E-state index contributed by atoms with van der Waals surface area (Å²) in [6.07, 6.45) is 6.88. The highest BCUT2D eigenvalue weighted by Gasteiger charge is 2.43. The highest BCUT2D eigenvalue weighted by Crippen LogP contribution is 2.36. The number of esters is 1. The number of quaternary nitrogens is 1. The summed E-state index contributed by atoms with van der Waals surface area (Å²) in [5.74, 6) is 0.473. The first-order valence-corrected chi connectivity index (χ1v) is 8.71. The quantitative estimate of drug-likeness (QED) is 0.631. The number of carbonyl (C=O) groups excluding carboxylic acids is 1. The maximum Gasteiger partial charge on any atom is 0.310 e. The summed E-state index contributed by atoms with van der Waals surface area (Å²) < 4.78 is 6.84. The van der Waals surface area contributed by atoms with Crippen LogP contribution in [0.3, 0.4) is 0 Å². The normalized spacial score (nSPS) is 31.3. The van der Waals surface area contributed by atoms with Crippen LogP contribution in [0.2, 0.25) is 0 Å². The van der Waals surface area contributed by atoms with E-state index in [0.29, 0.717) is 25.0 Å². The van der Waals surface area contributed by atoms with E-state index < -0.39 is 0 Å². The number of ether oxygens (including phenoxy) is 1. The van der Waals surface area contributed by atoms with Gasteiger partial charge in [-0.2, -0.15) is 0 Å². The van der Waals surface area contributed by atoms with Gasteiger partial charge in [0, 0.05) is 12.3 Å². The van der Waals surface area contributed by atoms with Gasteiger partial charge in [0.1, 0.15) is 0 Å². The van der Waals surface area contributed by atoms with E-state index in [1.807, 2.05) is 30.3 Å². The molecule has 3 atom stereocenters. The lowest BCUT2D eigenvalue weighted by Gasteiger charge is -2.51. The van der Waals surface area contributed by atoms with E-state index in [1.54, 1.807) is 0 Å². The molecule has 2 heterocycles. The van der Waals surface area contributed by atoms with Crippen LogP contribution in [0, 0.1) is 5.92 Å². The Morgan fingerprint density at radius 1 is 1.14 bits per heavy atom. The van der Waals surface area contributed by atoms with Crippen LogP contribution in [-0.4, -0.2) is 43.2 Å². The predicted octanol–water partition coefficient (Wildman–Crippen LogP) is 3.18. The van der Waals surface area contributed by atoms with Crippen LogP contribution in [0.4, 0.5) is 0 Å². The molecular weight excluding hydrogens is 274 g/mol. The second-order valence-electron chi connectivity index (χ2n) is 7.24. The standard InChI is InChI=1S/C19H28NO2/c1-20-12-6-5-11-18(20)17(10-7-13-20)15-22-19(21)14-16-8-3-2-4-9-16/h2-4,8-9,17-18H,5-7,10-15H2,1H3/q+1/t17-,18+,20-/m0/s1. The largest absolute Gasteiger partial charge is 0.465 e. The Kier molecular flexibility index (Phi) is 4.82. The fourth-order valence-corrected chi connectivity index (χ4v) is 4.44. The van der Waals surface area contributed by atoms with E-state index in [-0.39, 0.29) is 5.97 Å². The van der Waals surface area contributed by atoms with Crippen molar-refractivity contribution in [3.8, 4) is 0 Å². The van der Waals surface area contributed by atoms with Crippen molar-refractivity contribution in [2.24, 2.45) is 5.92 Å². The summed E-state index contributed by atoms with van der Waals surface area (Å²) >= 11 is 0. The number of benzene rings is 1. The molecule has 0 bridgehead atoms. The smallest absolute Gasteiger partial charge is 0.310 e. The summed E-state index contributed by atoms with van der Waals surface area (Å²) in [6, 6.07) is 10.6. The minimum absolute atomic E-state index is 0.0817. The highest BCUT2D eigenvalue weighted by molar-refractivity contribution is 5.72. The Morgan fingerprint density at radius 3 is 2.73 bits per heavy atom. The zero-order valence-electron chi connectivity index (χ0n) is 13.7. The average Bonchev–Trinajstić information content (AvgIpc) is 2.53. The third-order valence-corrected chi connectivity index (χ3v) is 5.66. The van der Waals surface area contributed by atoms with Crippen molar-refractivity contribution in [2.45, 2.75) is 44.6 Å². The first kappa shape index (κ1) is 15.5. The number of hydrogen-bond acceptors (Lipinski definition) is 2. The second-order valence-corrected chi connectivity index (χ2v) is 7.24. The molecule has 0 saturated carbocycles. The summed E-state index contributed by atoms with van der Waals surface area (Å²) in [5.41, 5.74) is 1.04. The fourth-order valence-electron chi connectivity index (χ4n) is 4.44. The van der Waals surface area contributed by atoms with E-state index in [9.17, 15) is 4.79 Å². The van der Waals surface area contributed by atoms with Gasteiger partial charge >= 0.3 is 5.97 Å². The SMILES string of the molecule is C[N@@+]12CCCC[C@@H]1[C@H](COC(=O)Cc1ccccc1)CCC2. The minimum Gasteiger partial charge on any atom is -0.465 e. The van der Waals surface area contributed by atoms with Gasteiger partial charge in [0.15, 0.2) is 0 Å². The molecule has 2 fully saturated rings. The number of hydrogen-bond donors (Lipinski definition) is 0. The molecule has 0 amide bonds. The first-order valence-electron chi connectivity index (χ1n) is 8.71. The lowest BCUT2D eigenvalue weighted by molar-refractivity contribution is -0.947. The van der Waals surface area contributed by atoms with E-state index >= 15 is 0 Å². The predicted molar refractivity (Wildman–Crippen MR) is 87.4 cm³/mol. The molecule has 3 rings (SSSR count). The van der Waals surface area contributed by atoms with Gasteiger partial charge in [-0.25, -0.2) is 0 Å². The van der Waals surface area contributed by atoms with Crippen molar-refractivity contribution in [3.05, 3.63) is 35.9 Å². The van der Waals surface area contributed by atoms with Crippen molar-refractivity contribution < 1.29 is 14.0 Å². The molecule has 120 valence electrons. The van der Waals surface area contributed by atoms with Crippen LogP contribution in [0.15, 0.2) is 30.3 Å². The van der Waals surface area contributed by atoms with Crippen LogP contribution in [0.5, 0.6) is 0 Å². The molecule has 22 heavy (non-hydrogen) atoms. The summed E-state index contributed by atoms with van der Waals surface area (Å²) in [6.45, 7) is 3.22. The van der Waals surface area contributed by atoms with Gasteiger partial charge in [0.05, 0.1) is 39.2 Å². The van der Waals surface area contributed by atoms with Crippen LogP contribution in [-0.2, 0) is 16.0 Å². The van der Waals surface area contributed by atoms with Gasteiger partial charge in [-0.15, -0.1) is 0 Å². The molecular formula is C19H28NO2+. The first-order chi connectivity index (χ1) is 10.7. The number of rotatable bonds is 4. The Balaban J connectivity index is 1.53. The molecule has 2 saturated heterocycles. The summed E-state index contributed by atoms with van der Waals surface area (Å²) in [7, 11) is 2.40. The lowest BCUT2D eigenvalue weighted by atomic mass is 9.82. The number of nitrogens with zero attached hydrogens (tertiary/aromatic N) is 1. The number of piperidine rings is 2. The number of fused-ring (bicyclic) bond motifs is 1. The number of carbonyl (C=O) groups is 1. The molecule has 0 N–H and O–H groups in total. The highest BCUT2D eigenvalue weighted by atomic mass is 16.5. The molecule has 0 aliphatic carbocycles. The van der Waals surface area contributed by atoms with Gasteiger partial charge in [-0.1, -0.05) is 30.3 Å². The van der Waals surface area contributed by atoms with Gasteiger partial charge in [0.2, 0.25) is 0 Å². The Labute approximate surface area is 133 Å². The van der Waals surface area contributed by atoms with Crippen LogP contribution >= 0.6 is 0 Å². The third-order valence-electron chi connectivity index (χ3n) is 5.66. The lowest BCUT2D eigenvalue weighted by Crippen LogP contribution is -2.61. The van der Waals surface area contributed by atoms with Gasteiger partial charge in [-0.3, -0.25) is 4.79 Å². The zero-order valence-corrected chi connectivity index (χ0v) is 13.7. The monoisotopic (exact) mass is 302 g/mol. The van der Waals surface area contributed by atoms with Crippen molar-refractivity contribution in [3.63, 3.8) is 0 Å². The van der Waals surface area contributed by atoms with Crippen molar-refractivity contribution >= 4 is 5.97 Å². The molecule has 1 aromatic rings. The van der Waals surface area contributed by atoms with Gasteiger partial charge in [-0.05, 0) is 31.2 Å². The van der Waals surface area contributed by atoms with Crippen LogP contribution < -0.4 is 0 Å². The van der Waals surface area contributed by atoms with Crippen LogP contribution in [0.1, 0.15) is 37.7 Å². The van der Waals surface area contributed by atoms with Gasteiger partial charge < -0.3 is 9.22 Å².